The number of hydrogen-bond acceptors (Lipinski definition) is 4. The SMILES string of the molecule is C[C@@H]1CN(c2ccncc2CCc2ccc(F)c(-c3c(F)cccc3F)n2)C[C@H](C)C1O[Si](C)(C)C(C)(C)C. The van der Waals surface area contributed by atoms with Gasteiger partial charge in [0.05, 0.1) is 11.7 Å². The van der Waals surface area contributed by atoms with Gasteiger partial charge in [0.25, 0.3) is 0 Å². The van der Waals surface area contributed by atoms with E-state index < -0.39 is 31.3 Å². The maximum atomic E-state index is 14.5. The van der Waals surface area contributed by atoms with Crippen molar-refractivity contribution in [3.63, 3.8) is 0 Å². The molecule has 0 bridgehead atoms. The number of piperidine rings is 1. The summed E-state index contributed by atoms with van der Waals surface area (Å²) < 4.78 is 50.1. The lowest BCUT2D eigenvalue weighted by Gasteiger charge is -2.48. The first kappa shape index (κ1) is 29.3. The molecule has 3 atom stereocenters. The summed E-state index contributed by atoms with van der Waals surface area (Å²) in [6.07, 6.45) is 4.99. The molecule has 0 saturated carbocycles. The Balaban J connectivity index is 1.51. The zero-order chi connectivity index (χ0) is 28.5. The van der Waals surface area contributed by atoms with E-state index in [1.807, 2.05) is 18.5 Å². The highest BCUT2D eigenvalue weighted by Crippen LogP contribution is 2.41. The highest BCUT2D eigenvalue weighted by atomic mass is 28.4. The topological polar surface area (TPSA) is 38.2 Å². The Morgan fingerprint density at radius 2 is 1.56 bits per heavy atom. The van der Waals surface area contributed by atoms with Crippen LogP contribution >= 0.6 is 0 Å². The van der Waals surface area contributed by atoms with E-state index in [0.29, 0.717) is 30.4 Å². The number of rotatable bonds is 7. The molecule has 8 heteroatoms. The lowest BCUT2D eigenvalue weighted by Crippen LogP contribution is -2.54. The van der Waals surface area contributed by atoms with E-state index in [-0.39, 0.29) is 16.8 Å². The van der Waals surface area contributed by atoms with Gasteiger partial charge in [-0.15, -0.1) is 0 Å². The van der Waals surface area contributed by atoms with Crippen molar-refractivity contribution in [1.29, 1.82) is 0 Å². The molecule has 1 aliphatic heterocycles. The maximum absolute atomic E-state index is 14.5. The Morgan fingerprint density at radius 3 is 2.18 bits per heavy atom. The van der Waals surface area contributed by atoms with Crippen molar-refractivity contribution in [2.75, 3.05) is 18.0 Å². The summed E-state index contributed by atoms with van der Waals surface area (Å²) in [6, 6.07) is 8.31. The summed E-state index contributed by atoms with van der Waals surface area (Å²) >= 11 is 0. The van der Waals surface area contributed by atoms with Crippen LogP contribution in [0, 0.1) is 29.3 Å². The van der Waals surface area contributed by atoms with Gasteiger partial charge in [0, 0.05) is 36.9 Å². The van der Waals surface area contributed by atoms with Gasteiger partial charge < -0.3 is 9.33 Å². The quantitative estimate of drug-likeness (QED) is 0.279. The van der Waals surface area contributed by atoms with Gasteiger partial charge in [-0.25, -0.2) is 18.2 Å². The molecular formula is C31H40F3N3OSi. The van der Waals surface area contributed by atoms with Gasteiger partial charge in [0.1, 0.15) is 23.1 Å². The summed E-state index contributed by atoms with van der Waals surface area (Å²) in [6.45, 7) is 17.8. The molecule has 4 rings (SSSR count). The second kappa shape index (κ2) is 11.4. The molecule has 0 radical (unpaired) electrons. The predicted molar refractivity (Wildman–Crippen MR) is 154 cm³/mol. The smallest absolute Gasteiger partial charge is 0.192 e. The minimum absolute atomic E-state index is 0.161. The highest BCUT2D eigenvalue weighted by Gasteiger charge is 2.43. The zero-order valence-electron chi connectivity index (χ0n) is 24.1. The van der Waals surface area contributed by atoms with Crippen LogP contribution in [0.5, 0.6) is 0 Å². The third kappa shape index (κ3) is 6.38. The van der Waals surface area contributed by atoms with Crippen molar-refractivity contribution < 1.29 is 17.6 Å². The average Bonchev–Trinajstić information content (AvgIpc) is 2.85. The number of aryl methyl sites for hydroxylation is 2. The van der Waals surface area contributed by atoms with Crippen molar-refractivity contribution >= 4 is 14.0 Å². The molecule has 1 unspecified atom stereocenters. The molecule has 1 aromatic carbocycles. The lowest BCUT2D eigenvalue weighted by molar-refractivity contribution is 0.0627. The average molecular weight is 556 g/mol. The van der Waals surface area contributed by atoms with Gasteiger partial charge in [-0.05, 0) is 78.7 Å². The molecule has 0 amide bonds. The van der Waals surface area contributed by atoms with Crippen molar-refractivity contribution in [3.8, 4) is 11.3 Å². The van der Waals surface area contributed by atoms with Gasteiger partial charge >= 0.3 is 0 Å². The second-order valence-electron chi connectivity index (χ2n) is 12.4. The first-order chi connectivity index (χ1) is 18.3. The van der Waals surface area contributed by atoms with Crippen molar-refractivity contribution in [2.24, 2.45) is 11.8 Å². The molecule has 1 saturated heterocycles. The third-order valence-electron chi connectivity index (χ3n) is 8.35. The lowest BCUT2D eigenvalue weighted by atomic mass is 9.87. The van der Waals surface area contributed by atoms with Gasteiger partial charge in [-0.1, -0.05) is 40.7 Å². The molecule has 0 aliphatic carbocycles. The van der Waals surface area contributed by atoms with Crippen LogP contribution in [0.3, 0.4) is 0 Å². The zero-order valence-corrected chi connectivity index (χ0v) is 25.1. The van der Waals surface area contributed by atoms with E-state index in [2.05, 4.69) is 62.6 Å². The van der Waals surface area contributed by atoms with Crippen LogP contribution in [0.15, 0.2) is 48.8 Å². The van der Waals surface area contributed by atoms with E-state index in [9.17, 15) is 13.2 Å². The van der Waals surface area contributed by atoms with E-state index >= 15 is 0 Å². The van der Waals surface area contributed by atoms with Gasteiger partial charge in [0.2, 0.25) is 0 Å². The van der Waals surface area contributed by atoms with E-state index in [0.717, 1.165) is 36.5 Å². The Hall–Kier alpha value is -2.71. The van der Waals surface area contributed by atoms with E-state index in [1.54, 1.807) is 6.07 Å². The van der Waals surface area contributed by atoms with Crippen LogP contribution in [-0.4, -0.2) is 37.5 Å². The minimum Gasteiger partial charge on any atom is -0.413 e. The Morgan fingerprint density at radius 1 is 0.923 bits per heavy atom. The van der Waals surface area contributed by atoms with Crippen LogP contribution in [0.2, 0.25) is 18.1 Å². The van der Waals surface area contributed by atoms with Crippen LogP contribution in [0.1, 0.15) is 45.9 Å². The standard InChI is InChI=1S/C31H40F3N3OSi/c1-20-18-37(19-21(2)30(20)38-39(6,7)31(3,4)5)27-15-16-35-17-22(27)11-12-23-13-14-26(34)29(36-23)28-24(32)9-8-10-25(28)33/h8-10,13-17,20-21,30H,11-12,18-19H2,1-7H3/t20-,21+,30?. The first-order valence-corrected chi connectivity index (χ1v) is 16.6. The van der Waals surface area contributed by atoms with Gasteiger partial charge in [0.15, 0.2) is 8.32 Å². The highest BCUT2D eigenvalue weighted by molar-refractivity contribution is 6.74. The summed E-state index contributed by atoms with van der Waals surface area (Å²) in [5, 5.41) is 0.161. The largest absolute Gasteiger partial charge is 0.413 e. The molecule has 4 nitrogen and oxygen atoms in total. The van der Waals surface area contributed by atoms with Gasteiger partial charge in [-0.3, -0.25) is 4.98 Å². The molecule has 0 spiro atoms. The first-order valence-electron chi connectivity index (χ1n) is 13.7. The fourth-order valence-electron chi connectivity index (χ4n) is 5.19. The summed E-state index contributed by atoms with van der Waals surface area (Å²) in [4.78, 5) is 11.1. The molecule has 3 heterocycles. The molecule has 1 fully saturated rings. The van der Waals surface area contributed by atoms with Crippen molar-refractivity contribution in [2.45, 2.75) is 71.7 Å². The minimum atomic E-state index is -1.89. The van der Waals surface area contributed by atoms with Crippen LogP contribution < -0.4 is 4.90 Å². The fourth-order valence-corrected chi connectivity index (χ4v) is 6.69. The summed E-state index contributed by atoms with van der Waals surface area (Å²) in [7, 11) is -1.89. The third-order valence-corrected chi connectivity index (χ3v) is 12.8. The summed E-state index contributed by atoms with van der Waals surface area (Å²) in [5.74, 6) is -1.70. The molecule has 1 aliphatic rings. The number of anilines is 1. The monoisotopic (exact) mass is 555 g/mol. The Labute approximate surface area is 231 Å². The maximum Gasteiger partial charge on any atom is 0.192 e. The Kier molecular flexibility index (Phi) is 8.57. The number of pyridine rings is 2. The van der Waals surface area contributed by atoms with E-state index in [1.165, 1.54) is 12.1 Å². The predicted octanol–water partition coefficient (Wildman–Crippen LogP) is 7.83. The number of hydrogen-bond donors (Lipinski definition) is 0. The van der Waals surface area contributed by atoms with Gasteiger partial charge in [-0.2, -0.15) is 0 Å². The second-order valence-corrected chi connectivity index (χ2v) is 17.2. The van der Waals surface area contributed by atoms with Crippen LogP contribution in [0.4, 0.5) is 18.9 Å². The normalized spacial score (nSPS) is 20.4. The summed E-state index contributed by atoms with van der Waals surface area (Å²) in [5.41, 5.74) is 2.00. The van der Waals surface area contributed by atoms with Crippen molar-refractivity contribution in [1.82, 2.24) is 9.97 Å². The molecule has 0 N–H and O–H groups in total. The van der Waals surface area contributed by atoms with Crippen LogP contribution in [0.25, 0.3) is 11.3 Å². The number of nitrogens with zero attached hydrogens (tertiary/aromatic N) is 3. The number of benzene rings is 1. The number of halogens is 3. The Bertz CT molecular complexity index is 1280. The molecular weight excluding hydrogens is 515 g/mol. The molecule has 39 heavy (non-hydrogen) atoms. The van der Waals surface area contributed by atoms with E-state index in [4.69, 9.17) is 4.43 Å². The number of aromatic nitrogens is 2. The van der Waals surface area contributed by atoms with Crippen molar-refractivity contribution in [3.05, 3.63) is 77.5 Å². The molecule has 210 valence electrons. The fraction of sp³-hybridized carbons (Fsp3) is 0.484. The van der Waals surface area contributed by atoms with Crippen LogP contribution in [-0.2, 0) is 17.3 Å². The molecule has 3 aromatic rings. The molecule has 2 aromatic heterocycles.